The van der Waals surface area contributed by atoms with Crippen LogP contribution in [-0.4, -0.2) is 53.2 Å². The van der Waals surface area contributed by atoms with Crippen LogP contribution in [0, 0.1) is 0 Å². The second kappa shape index (κ2) is 11.4. The quantitative estimate of drug-likeness (QED) is 0.400. The molecular weight excluding hydrogens is 290 g/mol. The number of ether oxygens (including phenoxy) is 1. The van der Waals surface area contributed by atoms with Crippen LogP contribution in [-0.2, 0) is 4.74 Å². The molecule has 1 saturated carbocycles. The van der Waals surface area contributed by atoms with E-state index in [0.717, 1.165) is 19.4 Å². The van der Waals surface area contributed by atoms with Gasteiger partial charge < -0.3 is 14.9 Å². The van der Waals surface area contributed by atoms with Crippen molar-refractivity contribution in [1.29, 1.82) is 0 Å². The van der Waals surface area contributed by atoms with Gasteiger partial charge in [0.25, 0.3) is 0 Å². The molecule has 2 N–H and O–H groups in total. The molecule has 138 valence electrons. The molecule has 0 aromatic carbocycles. The van der Waals surface area contributed by atoms with Gasteiger partial charge in [-0.3, -0.25) is 4.90 Å². The SMILES string of the molecule is CCCCCCCO[C@@]1(N(C)CCCCCC)C[C@@H](O)C[C@H]1O. The first-order chi connectivity index (χ1) is 11.1. The fourth-order valence-corrected chi connectivity index (χ4v) is 3.59. The third-order valence-electron chi connectivity index (χ3n) is 5.14. The number of likely N-dealkylation sites (N-methyl/N-ethyl adjacent to an activating group) is 1. The van der Waals surface area contributed by atoms with Crippen LogP contribution < -0.4 is 0 Å². The third kappa shape index (κ3) is 6.69. The third-order valence-corrected chi connectivity index (χ3v) is 5.14. The zero-order valence-electron chi connectivity index (χ0n) is 15.6. The lowest BCUT2D eigenvalue weighted by Crippen LogP contribution is -2.54. The molecule has 1 rings (SSSR count). The van der Waals surface area contributed by atoms with Gasteiger partial charge in [0.05, 0.1) is 12.2 Å². The zero-order chi connectivity index (χ0) is 17.1. The van der Waals surface area contributed by atoms with Gasteiger partial charge in [0, 0.05) is 26.0 Å². The molecule has 23 heavy (non-hydrogen) atoms. The summed E-state index contributed by atoms with van der Waals surface area (Å²) < 4.78 is 6.19. The average Bonchev–Trinajstić information content (AvgIpc) is 2.82. The number of hydrogen-bond acceptors (Lipinski definition) is 4. The van der Waals surface area contributed by atoms with E-state index in [-0.39, 0.29) is 0 Å². The van der Waals surface area contributed by atoms with Gasteiger partial charge >= 0.3 is 0 Å². The van der Waals surface area contributed by atoms with Crippen molar-refractivity contribution >= 4 is 0 Å². The van der Waals surface area contributed by atoms with Gasteiger partial charge in [0.2, 0.25) is 0 Å². The Hall–Kier alpha value is -0.160. The molecule has 0 aliphatic heterocycles. The van der Waals surface area contributed by atoms with Crippen LogP contribution in [0.1, 0.15) is 84.5 Å². The maximum absolute atomic E-state index is 10.5. The smallest absolute Gasteiger partial charge is 0.150 e. The van der Waals surface area contributed by atoms with Crippen LogP contribution in [0.4, 0.5) is 0 Å². The predicted octanol–water partition coefficient (Wildman–Crippen LogP) is 3.70. The second-order valence-electron chi connectivity index (χ2n) is 7.20. The average molecular weight is 330 g/mol. The van der Waals surface area contributed by atoms with Crippen LogP contribution in [0.5, 0.6) is 0 Å². The first-order valence-electron chi connectivity index (χ1n) is 9.78. The second-order valence-corrected chi connectivity index (χ2v) is 7.20. The molecule has 4 heteroatoms. The monoisotopic (exact) mass is 329 g/mol. The molecule has 3 atom stereocenters. The summed E-state index contributed by atoms with van der Waals surface area (Å²) >= 11 is 0. The maximum atomic E-state index is 10.5. The van der Waals surface area contributed by atoms with Gasteiger partial charge in [-0.1, -0.05) is 58.8 Å². The molecule has 0 spiro atoms. The Kier molecular flexibility index (Phi) is 10.4. The minimum Gasteiger partial charge on any atom is -0.393 e. The molecular formula is C19H39NO3. The Morgan fingerprint density at radius 1 is 0.957 bits per heavy atom. The Balaban J connectivity index is 2.47. The van der Waals surface area contributed by atoms with E-state index in [1.165, 1.54) is 44.9 Å². The molecule has 4 nitrogen and oxygen atoms in total. The van der Waals surface area contributed by atoms with Gasteiger partial charge in [0.1, 0.15) is 5.72 Å². The van der Waals surface area contributed by atoms with Crippen LogP contribution in [0.25, 0.3) is 0 Å². The molecule has 1 aliphatic rings. The Labute approximate surface area is 143 Å². The molecule has 0 aromatic rings. The molecule has 0 unspecified atom stereocenters. The molecule has 0 bridgehead atoms. The van der Waals surface area contributed by atoms with Gasteiger partial charge in [-0.05, 0) is 19.9 Å². The lowest BCUT2D eigenvalue weighted by molar-refractivity contribution is -0.195. The van der Waals surface area contributed by atoms with Gasteiger partial charge in [-0.25, -0.2) is 0 Å². The summed E-state index contributed by atoms with van der Waals surface area (Å²) in [5.74, 6) is 0. The molecule has 0 radical (unpaired) electrons. The highest BCUT2D eigenvalue weighted by Gasteiger charge is 2.50. The fourth-order valence-electron chi connectivity index (χ4n) is 3.59. The largest absolute Gasteiger partial charge is 0.393 e. The number of unbranched alkanes of at least 4 members (excludes halogenated alkanes) is 7. The molecule has 1 fully saturated rings. The van der Waals surface area contributed by atoms with E-state index in [1.54, 1.807) is 0 Å². The van der Waals surface area contributed by atoms with Gasteiger partial charge in [0.15, 0.2) is 0 Å². The zero-order valence-corrected chi connectivity index (χ0v) is 15.6. The fraction of sp³-hybridized carbons (Fsp3) is 1.00. The van der Waals surface area contributed by atoms with E-state index in [0.29, 0.717) is 19.4 Å². The van der Waals surface area contributed by atoms with Crippen LogP contribution in [0.3, 0.4) is 0 Å². The predicted molar refractivity (Wildman–Crippen MR) is 95.5 cm³/mol. The standard InChI is InChI=1S/C19H39NO3/c1-4-6-8-10-12-14-23-19(16-17(21)15-18(19)22)20(3)13-11-9-7-5-2/h17-18,21-22H,4-16H2,1-3H3/t17-,18+,19-/m0/s1. The number of rotatable bonds is 13. The van der Waals surface area contributed by atoms with Crippen LogP contribution in [0.15, 0.2) is 0 Å². The van der Waals surface area contributed by atoms with E-state index in [2.05, 4.69) is 18.7 Å². The van der Waals surface area contributed by atoms with E-state index >= 15 is 0 Å². The minimum absolute atomic E-state index is 0.426. The maximum Gasteiger partial charge on any atom is 0.150 e. The summed E-state index contributed by atoms with van der Waals surface area (Å²) in [5.41, 5.74) is -0.684. The molecule has 0 aromatic heterocycles. The van der Waals surface area contributed by atoms with Crippen molar-refractivity contribution in [2.24, 2.45) is 0 Å². The molecule has 0 amide bonds. The van der Waals surface area contributed by atoms with Crippen LogP contribution in [0.2, 0.25) is 0 Å². The molecule has 0 saturated heterocycles. The lowest BCUT2D eigenvalue weighted by Gasteiger charge is -2.41. The van der Waals surface area contributed by atoms with E-state index < -0.39 is 17.9 Å². The van der Waals surface area contributed by atoms with E-state index in [9.17, 15) is 10.2 Å². The Morgan fingerprint density at radius 3 is 2.13 bits per heavy atom. The summed E-state index contributed by atoms with van der Waals surface area (Å²) in [6.45, 7) is 6.02. The normalized spacial score (nSPS) is 27.9. The van der Waals surface area contributed by atoms with E-state index in [1.807, 2.05) is 7.05 Å². The summed E-state index contributed by atoms with van der Waals surface area (Å²) in [7, 11) is 2.03. The van der Waals surface area contributed by atoms with Crippen molar-refractivity contribution in [3.63, 3.8) is 0 Å². The molecule has 0 heterocycles. The highest BCUT2D eigenvalue weighted by Crippen LogP contribution is 2.36. The van der Waals surface area contributed by atoms with Crippen LogP contribution >= 0.6 is 0 Å². The van der Waals surface area contributed by atoms with Gasteiger partial charge in [-0.2, -0.15) is 0 Å². The van der Waals surface area contributed by atoms with Gasteiger partial charge in [-0.15, -0.1) is 0 Å². The molecule has 1 aliphatic carbocycles. The number of aliphatic hydroxyl groups is 2. The lowest BCUT2D eigenvalue weighted by atomic mass is 10.1. The highest BCUT2D eigenvalue weighted by molar-refractivity contribution is 4.97. The number of hydrogen-bond donors (Lipinski definition) is 2. The first-order valence-corrected chi connectivity index (χ1v) is 9.78. The number of nitrogens with zero attached hydrogens (tertiary/aromatic N) is 1. The summed E-state index contributed by atoms with van der Waals surface area (Å²) in [5, 5.41) is 20.5. The number of aliphatic hydroxyl groups excluding tert-OH is 2. The van der Waals surface area contributed by atoms with Crippen molar-refractivity contribution in [3.8, 4) is 0 Å². The van der Waals surface area contributed by atoms with Crippen molar-refractivity contribution in [1.82, 2.24) is 4.90 Å². The Morgan fingerprint density at radius 2 is 1.57 bits per heavy atom. The minimum atomic E-state index is -0.684. The summed E-state index contributed by atoms with van der Waals surface area (Å²) in [4.78, 5) is 2.15. The summed E-state index contributed by atoms with van der Waals surface area (Å²) in [6.07, 6.45) is 10.7. The van der Waals surface area contributed by atoms with E-state index in [4.69, 9.17) is 4.74 Å². The first kappa shape index (κ1) is 20.9. The van der Waals surface area contributed by atoms with Crippen molar-refractivity contribution in [2.75, 3.05) is 20.2 Å². The Bertz CT molecular complexity index is 300. The highest BCUT2D eigenvalue weighted by atomic mass is 16.5. The summed E-state index contributed by atoms with van der Waals surface area (Å²) in [6, 6.07) is 0. The van der Waals surface area contributed by atoms with Crippen molar-refractivity contribution < 1.29 is 14.9 Å². The van der Waals surface area contributed by atoms with Crippen molar-refractivity contribution in [3.05, 3.63) is 0 Å². The van der Waals surface area contributed by atoms with Crippen molar-refractivity contribution in [2.45, 2.75) is 102 Å². The topological polar surface area (TPSA) is 52.9 Å².